The van der Waals surface area contributed by atoms with Crippen LogP contribution in [0.15, 0.2) is 0 Å². The van der Waals surface area contributed by atoms with Crippen LogP contribution in [0.2, 0.25) is 0 Å². The third-order valence-corrected chi connectivity index (χ3v) is 5.02. The molecule has 1 fully saturated rings. The van der Waals surface area contributed by atoms with Crippen molar-refractivity contribution in [2.75, 3.05) is 38.6 Å². The van der Waals surface area contributed by atoms with Gasteiger partial charge >= 0.3 is 6.09 Å². The Morgan fingerprint density at radius 2 is 2.09 bits per heavy atom. The van der Waals surface area contributed by atoms with Gasteiger partial charge in [-0.15, -0.1) is 0 Å². The van der Waals surface area contributed by atoms with Gasteiger partial charge in [0.2, 0.25) is 5.91 Å². The number of likely N-dealkylation sites (tertiary alicyclic amines) is 1. The van der Waals surface area contributed by atoms with E-state index in [1.807, 2.05) is 4.90 Å². The third kappa shape index (κ3) is 3.38. The molecule has 2 aliphatic heterocycles. The fourth-order valence-corrected chi connectivity index (χ4v) is 3.87. The molecule has 3 rings (SSSR count). The number of ether oxygens (including phenoxy) is 1. The first-order valence-electron chi connectivity index (χ1n) is 7.49. The summed E-state index contributed by atoms with van der Waals surface area (Å²) in [6.45, 7) is 3.80. The smallest absolute Gasteiger partial charge is 0.413 e. The van der Waals surface area contributed by atoms with Gasteiger partial charge in [0.15, 0.2) is 5.13 Å². The second-order valence-electron chi connectivity index (χ2n) is 5.55. The number of carbonyl (C=O) groups is 2. The minimum absolute atomic E-state index is 0.221. The Morgan fingerprint density at radius 1 is 1.32 bits per heavy atom. The van der Waals surface area contributed by atoms with Crippen molar-refractivity contribution >= 4 is 28.5 Å². The summed E-state index contributed by atoms with van der Waals surface area (Å²) in [7, 11) is 1.33. The van der Waals surface area contributed by atoms with Gasteiger partial charge in [-0.3, -0.25) is 15.0 Å². The summed E-state index contributed by atoms with van der Waals surface area (Å²) in [5.74, 6) is 0.221. The summed E-state index contributed by atoms with van der Waals surface area (Å²) in [4.78, 5) is 33.1. The topological polar surface area (TPSA) is 74.8 Å². The maximum atomic E-state index is 12.2. The molecule has 1 aromatic rings. The molecular weight excluding hydrogens is 304 g/mol. The van der Waals surface area contributed by atoms with Crippen LogP contribution in [0.5, 0.6) is 0 Å². The SMILES string of the molecule is COC(=O)Nc1nc2c(s1)CN(CC(=O)N1CCCC1)CC2. The number of aromatic nitrogens is 1. The number of carbonyl (C=O) groups excluding carboxylic acids is 2. The zero-order valence-corrected chi connectivity index (χ0v) is 13.4. The number of amides is 2. The summed E-state index contributed by atoms with van der Waals surface area (Å²) in [5, 5.41) is 3.16. The lowest BCUT2D eigenvalue weighted by Crippen LogP contribution is -2.40. The van der Waals surface area contributed by atoms with Crippen molar-refractivity contribution in [3.8, 4) is 0 Å². The maximum absolute atomic E-state index is 12.2. The lowest BCUT2D eigenvalue weighted by molar-refractivity contribution is -0.131. The van der Waals surface area contributed by atoms with E-state index in [1.54, 1.807) is 0 Å². The minimum atomic E-state index is -0.507. The Hall–Kier alpha value is -1.67. The zero-order chi connectivity index (χ0) is 15.5. The Morgan fingerprint density at radius 3 is 2.82 bits per heavy atom. The molecule has 0 radical (unpaired) electrons. The lowest BCUT2D eigenvalue weighted by atomic mass is 10.2. The predicted octanol–water partition coefficient (Wildman–Crippen LogP) is 1.30. The Balaban J connectivity index is 1.58. The van der Waals surface area contributed by atoms with Crippen LogP contribution in [0.25, 0.3) is 0 Å². The van der Waals surface area contributed by atoms with Gasteiger partial charge < -0.3 is 9.64 Å². The van der Waals surface area contributed by atoms with Crippen molar-refractivity contribution in [3.05, 3.63) is 10.6 Å². The fraction of sp³-hybridized carbons (Fsp3) is 0.643. The standard InChI is InChI=1S/C14H20N4O3S/c1-21-14(20)16-13-15-10-4-7-17(8-11(10)22-13)9-12(19)18-5-2-3-6-18/h2-9H2,1H3,(H,15,16,20). The number of methoxy groups -OCH3 is 1. The van der Waals surface area contributed by atoms with Crippen LogP contribution in [-0.4, -0.2) is 60.1 Å². The molecule has 0 bridgehead atoms. The van der Waals surface area contributed by atoms with E-state index >= 15 is 0 Å². The van der Waals surface area contributed by atoms with Crippen LogP contribution in [0.3, 0.4) is 0 Å². The summed E-state index contributed by atoms with van der Waals surface area (Å²) < 4.78 is 4.57. The van der Waals surface area contributed by atoms with Crippen molar-refractivity contribution in [2.24, 2.45) is 0 Å². The summed E-state index contributed by atoms with van der Waals surface area (Å²) in [6.07, 6.45) is 2.54. The molecule has 2 amide bonds. The van der Waals surface area contributed by atoms with Gasteiger partial charge in [0.25, 0.3) is 0 Å². The molecule has 1 saturated heterocycles. The Kier molecular flexibility index (Phi) is 4.58. The van der Waals surface area contributed by atoms with Gasteiger partial charge in [-0.2, -0.15) is 0 Å². The molecule has 0 unspecified atom stereocenters. The van der Waals surface area contributed by atoms with E-state index in [0.29, 0.717) is 11.7 Å². The Labute approximate surface area is 133 Å². The third-order valence-electron chi connectivity index (χ3n) is 4.02. The maximum Gasteiger partial charge on any atom is 0.413 e. The molecule has 120 valence electrons. The van der Waals surface area contributed by atoms with E-state index in [1.165, 1.54) is 18.4 Å². The fourth-order valence-electron chi connectivity index (χ4n) is 2.83. The van der Waals surface area contributed by atoms with E-state index in [0.717, 1.165) is 56.0 Å². The van der Waals surface area contributed by atoms with Crippen LogP contribution in [0.4, 0.5) is 9.93 Å². The molecule has 0 saturated carbocycles. The van der Waals surface area contributed by atoms with Crippen molar-refractivity contribution in [1.29, 1.82) is 0 Å². The van der Waals surface area contributed by atoms with Gasteiger partial charge in [-0.1, -0.05) is 11.3 Å². The lowest BCUT2D eigenvalue weighted by Gasteiger charge is -2.27. The molecule has 0 spiro atoms. The highest BCUT2D eigenvalue weighted by Gasteiger charge is 2.25. The number of hydrogen-bond acceptors (Lipinski definition) is 6. The number of anilines is 1. The van der Waals surface area contributed by atoms with Crippen LogP contribution in [0.1, 0.15) is 23.4 Å². The number of thiazole rings is 1. The largest absolute Gasteiger partial charge is 0.453 e. The number of hydrogen-bond donors (Lipinski definition) is 1. The molecule has 2 aliphatic rings. The normalized spacial score (nSPS) is 18.1. The van der Waals surface area contributed by atoms with Gasteiger partial charge in [0.1, 0.15) is 0 Å². The van der Waals surface area contributed by atoms with Crippen molar-refractivity contribution < 1.29 is 14.3 Å². The minimum Gasteiger partial charge on any atom is -0.453 e. The van der Waals surface area contributed by atoms with Gasteiger partial charge in [0.05, 0.1) is 19.3 Å². The zero-order valence-electron chi connectivity index (χ0n) is 12.6. The first kappa shape index (κ1) is 15.2. The molecule has 22 heavy (non-hydrogen) atoms. The molecule has 0 atom stereocenters. The molecule has 0 aliphatic carbocycles. The van der Waals surface area contributed by atoms with Crippen LogP contribution in [0, 0.1) is 0 Å². The van der Waals surface area contributed by atoms with Gasteiger partial charge in [-0.25, -0.2) is 9.78 Å². The monoisotopic (exact) mass is 324 g/mol. The molecule has 1 N–H and O–H groups in total. The summed E-state index contributed by atoms with van der Waals surface area (Å²) in [5.41, 5.74) is 1.02. The molecule has 0 aromatic carbocycles. The second kappa shape index (κ2) is 6.62. The molecule has 7 nitrogen and oxygen atoms in total. The second-order valence-corrected chi connectivity index (χ2v) is 6.64. The highest BCUT2D eigenvalue weighted by molar-refractivity contribution is 7.15. The highest BCUT2D eigenvalue weighted by atomic mass is 32.1. The summed E-state index contributed by atoms with van der Waals surface area (Å²) >= 11 is 1.45. The molecule has 3 heterocycles. The van der Waals surface area contributed by atoms with E-state index < -0.39 is 6.09 Å². The molecule has 1 aromatic heterocycles. The molecule has 8 heteroatoms. The predicted molar refractivity (Wildman–Crippen MR) is 82.9 cm³/mol. The average Bonchev–Trinajstić information content (AvgIpc) is 3.15. The van der Waals surface area contributed by atoms with Gasteiger partial charge in [-0.05, 0) is 12.8 Å². The van der Waals surface area contributed by atoms with Gasteiger partial charge in [0, 0.05) is 37.5 Å². The van der Waals surface area contributed by atoms with Crippen LogP contribution < -0.4 is 5.32 Å². The first-order valence-corrected chi connectivity index (χ1v) is 8.31. The van der Waals surface area contributed by atoms with Crippen molar-refractivity contribution in [1.82, 2.24) is 14.8 Å². The first-order chi connectivity index (χ1) is 10.7. The average molecular weight is 324 g/mol. The van der Waals surface area contributed by atoms with Crippen LogP contribution in [-0.2, 0) is 22.5 Å². The number of nitrogens with one attached hydrogen (secondary N) is 1. The number of rotatable bonds is 3. The van der Waals surface area contributed by atoms with Crippen LogP contribution >= 0.6 is 11.3 Å². The quantitative estimate of drug-likeness (QED) is 0.907. The number of fused-ring (bicyclic) bond motifs is 1. The van der Waals surface area contributed by atoms with E-state index in [9.17, 15) is 9.59 Å². The highest BCUT2D eigenvalue weighted by Crippen LogP contribution is 2.28. The molecular formula is C14H20N4O3S. The van der Waals surface area contributed by atoms with Crippen molar-refractivity contribution in [2.45, 2.75) is 25.8 Å². The van der Waals surface area contributed by atoms with E-state index in [4.69, 9.17) is 0 Å². The Bertz CT molecular complexity index is 568. The van der Waals surface area contributed by atoms with E-state index in [-0.39, 0.29) is 5.91 Å². The number of nitrogens with zero attached hydrogens (tertiary/aromatic N) is 3. The van der Waals surface area contributed by atoms with Crippen molar-refractivity contribution in [3.63, 3.8) is 0 Å². The summed E-state index contributed by atoms with van der Waals surface area (Å²) in [6, 6.07) is 0. The van der Waals surface area contributed by atoms with E-state index in [2.05, 4.69) is 19.9 Å².